The van der Waals surface area contributed by atoms with Crippen LogP contribution in [-0.2, 0) is 0 Å². The Labute approximate surface area is 110 Å². The molecule has 7 nitrogen and oxygen atoms in total. The highest BCUT2D eigenvalue weighted by Gasteiger charge is 2.14. The van der Waals surface area contributed by atoms with E-state index >= 15 is 0 Å². The number of aryl methyl sites for hydroxylation is 1. The van der Waals surface area contributed by atoms with E-state index in [0.29, 0.717) is 11.7 Å². The Bertz CT molecular complexity index is 576. The lowest BCUT2D eigenvalue weighted by atomic mass is 10.3. The van der Waals surface area contributed by atoms with Gasteiger partial charge in [-0.1, -0.05) is 5.16 Å². The van der Waals surface area contributed by atoms with E-state index in [0.717, 1.165) is 17.8 Å². The van der Waals surface area contributed by atoms with Gasteiger partial charge in [-0.2, -0.15) is 0 Å². The molecular weight excluding hydrogens is 246 g/mol. The predicted octanol–water partition coefficient (Wildman–Crippen LogP) is 1.77. The van der Waals surface area contributed by atoms with E-state index in [-0.39, 0.29) is 11.6 Å². The lowest BCUT2D eigenvalue weighted by molar-refractivity contribution is 0.101. The monoisotopic (exact) mass is 261 g/mol. The molecule has 1 amide bonds. The molecule has 0 radical (unpaired) electrons. The maximum Gasteiger partial charge on any atom is 0.278 e. The number of anilines is 2. The van der Waals surface area contributed by atoms with E-state index in [1.54, 1.807) is 19.1 Å². The average Bonchev–Trinajstić information content (AvgIpc) is 2.72. The van der Waals surface area contributed by atoms with Crippen molar-refractivity contribution in [3.8, 4) is 0 Å². The summed E-state index contributed by atoms with van der Waals surface area (Å²) in [7, 11) is 0. The second kappa shape index (κ2) is 5.47. The molecule has 0 spiro atoms. The first kappa shape index (κ1) is 13.0. The molecule has 2 aromatic heterocycles. The number of amides is 1. The third-order valence-electron chi connectivity index (χ3n) is 2.64. The first-order chi connectivity index (χ1) is 9.11. The van der Waals surface area contributed by atoms with Crippen molar-refractivity contribution in [2.24, 2.45) is 0 Å². The van der Waals surface area contributed by atoms with Gasteiger partial charge in [0.05, 0.1) is 5.69 Å². The molecular formula is C12H15N5O2. The molecule has 2 heterocycles. The normalized spacial score (nSPS) is 10.3. The van der Waals surface area contributed by atoms with Gasteiger partial charge >= 0.3 is 0 Å². The van der Waals surface area contributed by atoms with Crippen molar-refractivity contribution in [3.63, 3.8) is 0 Å². The second-order valence-electron chi connectivity index (χ2n) is 4.01. The van der Waals surface area contributed by atoms with Gasteiger partial charge in [0.15, 0.2) is 5.69 Å². The molecule has 2 N–H and O–H groups in total. The zero-order chi connectivity index (χ0) is 13.8. The van der Waals surface area contributed by atoms with Crippen LogP contribution < -0.4 is 10.6 Å². The Hall–Kier alpha value is -2.44. The number of nitrogens with one attached hydrogen (secondary N) is 2. The van der Waals surface area contributed by atoms with Gasteiger partial charge in [0.1, 0.15) is 5.82 Å². The van der Waals surface area contributed by atoms with Crippen molar-refractivity contribution in [2.45, 2.75) is 20.8 Å². The summed E-state index contributed by atoms with van der Waals surface area (Å²) in [5.74, 6) is 0.584. The molecule has 19 heavy (non-hydrogen) atoms. The molecule has 7 heteroatoms. The SMILES string of the molecule is CCNc1ccc(C(=O)Nc2onc(C)c2C)nn1. The molecule has 0 atom stereocenters. The first-order valence-corrected chi connectivity index (χ1v) is 5.93. The zero-order valence-electron chi connectivity index (χ0n) is 11.0. The van der Waals surface area contributed by atoms with E-state index in [4.69, 9.17) is 4.52 Å². The van der Waals surface area contributed by atoms with Gasteiger partial charge in [0.25, 0.3) is 5.91 Å². The summed E-state index contributed by atoms with van der Waals surface area (Å²) in [6.45, 7) is 6.33. The maximum atomic E-state index is 11.9. The molecule has 0 aliphatic carbocycles. The number of aromatic nitrogens is 3. The minimum Gasteiger partial charge on any atom is -0.369 e. The lowest BCUT2D eigenvalue weighted by Crippen LogP contribution is -2.15. The Morgan fingerprint density at radius 1 is 1.32 bits per heavy atom. The second-order valence-corrected chi connectivity index (χ2v) is 4.01. The fraction of sp³-hybridized carbons (Fsp3) is 0.333. The molecule has 2 rings (SSSR count). The maximum absolute atomic E-state index is 11.9. The Morgan fingerprint density at radius 2 is 2.11 bits per heavy atom. The molecule has 0 aliphatic heterocycles. The number of carbonyl (C=O) groups excluding carboxylic acids is 1. The Kier molecular flexibility index (Phi) is 3.74. The molecule has 0 saturated heterocycles. The molecule has 0 saturated carbocycles. The van der Waals surface area contributed by atoms with Crippen molar-refractivity contribution >= 4 is 17.6 Å². The van der Waals surface area contributed by atoms with Crippen LogP contribution in [0.2, 0.25) is 0 Å². The highest BCUT2D eigenvalue weighted by molar-refractivity contribution is 6.02. The minimum atomic E-state index is -0.380. The summed E-state index contributed by atoms with van der Waals surface area (Å²) >= 11 is 0. The molecule has 0 unspecified atom stereocenters. The summed E-state index contributed by atoms with van der Waals surface area (Å²) in [6, 6.07) is 3.29. The smallest absolute Gasteiger partial charge is 0.278 e. The summed E-state index contributed by atoms with van der Waals surface area (Å²) in [5, 5.41) is 17.1. The van der Waals surface area contributed by atoms with Crippen LogP contribution in [0.4, 0.5) is 11.7 Å². The number of hydrogen-bond donors (Lipinski definition) is 2. The lowest BCUT2D eigenvalue weighted by Gasteiger charge is -2.03. The highest BCUT2D eigenvalue weighted by Crippen LogP contribution is 2.17. The molecule has 0 bridgehead atoms. The van der Waals surface area contributed by atoms with Crippen LogP contribution in [0, 0.1) is 13.8 Å². The largest absolute Gasteiger partial charge is 0.369 e. The van der Waals surface area contributed by atoms with Gasteiger partial charge in [0, 0.05) is 12.1 Å². The average molecular weight is 261 g/mol. The summed E-state index contributed by atoms with van der Waals surface area (Å²) in [6.07, 6.45) is 0. The predicted molar refractivity (Wildman–Crippen MR) is 70.1 cm³/mol. The third-order valence-corrected chi connectivity index (χ3v) is 2.64. The molecule has 2 aromatic rings. The van der Waals surface area contributed by atoms with E-state index < -0.39 is 0 Å². The Balaban J connectivity index is 2.09. The topological polar surface area (TPSA) is 92.9 Å². The van der Waals surface area contributed by atoms with Crippen molar-refractivity contribution in [2.75, 3.05) is 17.2 Å². The van der Waals surface area contributed by atoms with Crippen molar-refractivity contribution in [1.82, 2.24) is 15.4 Å². The van der Waals surface area contributed by atoms with Crippen LogP contribution in [0.25, 0.3) is 0 Å². The standard InChI is InChI=1S/C12H15N5O2/c1-4-13-10-6-5-9(15-16-10)11(18)14-12-7(2)8(3)17-19-12/h5-6H,4H2,1-3H3,(H,13,16)(H,14,18). The third kappa shape index (κ3) is 2.87. The van der Waals surface area contributed by atoms with Crippen molar-refractivity contribution < 1.29 is 9.32 Å². The van der Waals surface area contributed by atoms with Gasteiger partial charge in [-0.25, -0.2) is 0 Å². The summed E-state index contributed by atoms with van der Waals surface area (Å²) < 4.78 is 5.01. The number of nitrogens with zero attached hydrogens (tertiary/aromatic N) is 3. The fourth-order valence-corrected chi connectivity index (χ4v) is 1.43. The number of rotatable bonds is 4. The van der Waals surface area contributed by atoms with E-state index in [9.17, 15) is 4.79 Å². The van der Waals surface area contributed by atoms with Crippen LogP contribution in [0.3, 0.4) is 0 Å². The molecule has 0 fully saturated rings. The van der Waals surface area contributed by atoms with Gasteiger partial charge in [-0.15, -0.1) is 10.2 Å². The summed E-state index contributed by atoms with van der Waals surface area (Å²) in [4.78, 5) is 11.9. The zero-order valence-corrected chi connectivity index (χ0v) is 11.0. The fourth-order valence-electron chi connectivity index (χ4n) is 1.43. The molecule has 100 valence electrons. The first-order valence-electron chi connectivity index (χ1n) is 5.93. The molecule has 0 aromatic carbocycles. The Morgan fingerprint density at radius 3 is 2.63 bits per heavy atom. The van der Waals surface area contributed by atoms with Crippen molar-refractivity contribution in [3.05, 3.63) is 29.1 Å². The van der Waals surface area contributed by atoms with Crippen LogP contribution in [0.5, 0.6) is 0 Å². The van der Waals surface area contributed by atoms with Crippen molar-refractivity contribution in [1.29, 1.82) is 0 Å². The quantitative estimate of drug-likeness (QED) is 0.871. The van der Waals surface area contributed by atoms with E-state index in [1.807, 2.05) is 13.8 Å². The van der Waals surface area contributed by atoms with E-state index in [1.165, 1.54) is 0 Å². The van der Waals surface area contributed by atoms with Crippen LogP contribution in [-0.4, -0.2) is 27.8 Å². The number of hydrogen-bond acceptors (Lipinski definition) is 6. The van der Waals surface area contributed by atoms with Crippen LogP contribution in [0.1, 0.15) is 28.7 Å². The van der Waals surface area contributed by atoms with Gasteiger partial charge in [-0.3, -0.25) is 10.1 Å². The van der Waals surface area contributed by atoms with Gasteiger partial charge < -0.3 is 9.84 Å². The van der Waals surface area contributed by atoms with Crippen LogP contribution >= 0.6 is 0 Å². The van der Waals surface area contributed by atoms with E-state index in [2.05, 4.69) is 26.0 Å². The van der Waals surface area contributed by atoms with Crippen LogP contribution in [0.15, 0.2) is 16.7 Å². The summed E-state index contributed by atoms with van der Waals surface area (Å²) in [5.41, 5.74) is 1.75. The number of carbonyl (C=O) groups is 1. The minimum absolute atomic E-state index is 0.218. The highest BCUT2D eigenvalue weighted by atomic mass is 16.5. The van der Waals surface area contributed by atoms with Gasteiger partial charge in [0.2, 0.25) is 5.88 Å². The molecule has 0 aliphatic rings. The van der Waals surface area contributed by atoms with Gasteiger partial charge in [-0.05, 0) is 32.9 Å².